The fraction of sp³-hybridized carbons (Fsp3) is 0.238. The topological polar surface area (TPSA) is 87.0 Å². The highest BCUT2D eigenvalue weighted by Gasteiger charge is 2.17. The van der Waals surface area contributed by atoms with E-state index in [-0.39, 0.29) is 20.0 Å². The number of hydrogen-bond donors (Lipinski definition) is 0. The van der Waals surface area contributed by atoms with E-state index in [0.717, 1.165) is 5.56 Å². The van der Waals surface area contributed by atoms with Crippen molar-refractivity contribution < 1.29 is 28.5 Å². The Kier molecular flexibility index (Phi) is 6.95. The Morgan fingerprint density at radius 2 is 2.17 bits per heavy atom. The maximum absolute atomic E-state index is 12.1. The number of nitrogens with zero attached hydrogens (tertiary/aromatic N) is 1. The van der Waals surface area contributed by atoms with E-state index in [1.807, 2.05) is 6.07 Å². The number of rotatable bonds is 7. The molecular weight excluding hydrogens is 398 g/mol. The van der Waals surface area contributed by atoms with Gasteiger partial charge in [0.05, 0.1) is 13.7 Å². The van der Waals surface area contributed by atoms with Crippen molar-refractivity contribution in [3.63, 3.8) is 0 Å². The zero-order valence-corrected chi connectivity index (χ0v) is 16.4. The summed E-state index contributed by atoms with van der Waals surface area (Å²) in [6.07, 6.45) is 2.91. The summed E-state index contributed by atoms with van der Waals surface area (Å²) >= 11 is 6.11. The van der Waals surface area contributed by atoms with E-state index in [1.165, 1.54) is 13.2 Å². The third kappa shape index (κ3) is 5.41. The van der Waals surface area contributed by atoms with Gasteiger partial charge in [0.15, 0.2) is 24.9 Å². The minimum atomic E-state index is -0.519. The molecule has 1 aliphatic heterocycles. The lowest BCUT2D eigenvalue weighted by atomic mass is 10.1. The molecule has 3 rings (SSSR count). The molecule has 0 radical (unpaired) electrons. The summed E-state index contributed by atoms with van der Waals surface area (Å²) in [7, 11) is 1.50. The predicted octanol–water partition coefficient (Wildman–Crippen LogP) is 3.87. The van der Waals surface area contributed by atoms with Gasteiger partial charge < -0.3 is 23.7 Å². The highest BCUT2D eigenvalue weighted by molar-refractivity contribution is 6.30. The molecule has 7 nitrogen and oxygen atoms in total. The van der Waals surface area contributed by atoms with E-state index in [2.05, 4.69) is 0 Å². The first kappa shape index (κ1) is 20.5. The van der Waals surface area contributed by atoms with Crippen LogP contribution in [0.25, 0.3) is 6.08 Å². The Bertz CT molecular complexity index is 966. The Balaban J connectivity index is 1.63. The fourth-order valence-corrected chi connectivity index (χ4v) is 3.01. The molecular formula is C21H18ClNO6. The molecule has 0 N–H and O–H groups in total. The quantitative estimate of drug-likeness (QED) is 0.501. The van der Waals surface area contributed by atoms with Crippen LogP contribution in [0, 0.1) is 11.3 Å². The van der Waals surface area contributed by atoms with Crippen LogP contribution in [-0.4, -0.2) is 26.5 Å². The maximum Gasteiger partial charge on any atom is 0.331 e. The maximum atomic E-state index is 12.1. The molecule has 150 valence electrons. The number of methoxy groups -OCH3 is 1. The lowest BCUT2D eigenvalue weighted by Gasteiger charge is -2.20. The van der Waals surface area contributed by atoms with Gasteiger partial charge in [0.25, 0.3) is 0 Å². The Labute approximate surface area is 173 Å². The van der Waals surface area contributed by atoms with Gasteiger partial charge in [-0.15, -0.1) is 0 Å². The monoisotopic (exact) mass is 415 g/mol. The number of hydrogen-bond acceptors (Lipinski definition) is 7. The molecule has 0 aromatic heterocycles. The van der Waals surface area contributed by atoms with Crippen LogP contribution in [0.5, 0.6) is 17.2 Å². The summed E-state index contributed by atoms with van der Waals surface area (Å²) in [5, 5.41) is 9.12. The molecule has 0 saturated heterocycles. The summed E-state index contributed by atoms with van der Waals surface area (Å²) in [6, 6.07) is 10.5. The van der Waals surface area contributed by atoms with Gasteiger partial charge in [-0.1, -0.05) is 17.7 Å². The van der Waals surface area contributed by atoms with Gasteiger partial charge in [-0.3, -0.25) is 0 Å². The number of nitriles is 1. The SMILES string of the molecule is COc1cc(/C=C/C(=O)OCc2cc(Cl)cc3c2OCOC3)ccc1OCC#N. The largest absolute Gasteiger partial charge is 0.493 e. The van der Waals surface area contributed by atoms with Crippen LogP contribution in [0.2, 0.25) is 5.02 Å². The van der Waals surface area contributed by atoms with Gasteiger partial charge in [-0.05, 0) is 35.9 Å². The molecule has 0 bridgehead atoms. The summed E-state index contributed by atoms with van der Waals surface area (Å²) in [5.74, 6) is 1.02. The average Bonchev–Trinajstić information content (AvgIpc) is 2.74. The molecule has 0 atom stereocenters. The van der Waals surface area contributed by atoms with Crippen LogP contribution in [0.15, 0.2) is 36.4 Å². The van der Waals surface area contributed by atoms with E-state index < -0.39 is 5.97 Å². The first-order chi connectivity index (χ1) is 14.1. The number of carbonyl (C=O) groups is 1. The van der Waals surface area contributed by atoms with Crippen LogP contribution in [0.1, 0.15) is 16.7 Å². The molecule has 0 spiro atoms. The third-order valence-electron chi connectivity index (χ3n) is 4.01. The highest BCUT2D eigenvalue weighted by Crippen LogP contribution is 2.32. The number of carbonyl (C=O) groups excluding carboxylic acids is 1. The fourth-order valence-electron chi connectivity index (χ4n) is 2.74. The van der Waals surface area contributed by atoms with Gasteiger partial charge >= 0.3 is 5.97 Å². The molecule has 1 heterocycles. The van der Waals surface area contributed by atoms with E-state index in [0.29, 0.717) is 40.0 Å². The number of benzene rings is 2. The molecule has 29 heavy (non-hydrogen) atoms. The lowest BCUT2D eigenvalue weighted by molar-refractivity contribution is -0.139. The van der Waals surface area contributed by atoms with Crippen molar-refractivity contribution in [2.75, 3.05) is 20.5 Å². The Hall–Kier alpha value is -3.21. The molecule has 2 aromatic rings. The van der Waals surface area contributed by atoms with Gasteiger partial charge in [-0.25, -0.2) is 4.79 Å². The number of esters is 1. The van der Waals surface area contributed by atoms with Crippen molar-refractivity contribution in [1.82, 2.24) is 0 Å². The summed E-state index contributed by atoms with van der Waals surface area (Å²) < 4.78 is 26.5. The molecule has 0 fully saturated rings. The first-order valence-corrected chi connectivity index (χ1v) is 9.03. The molecule has 2 aromatic carbocycles. The van der Waals surface area contributed by atoms with E-state index in [9.17, 15) is 4.79 Å². The zero-order valence-electron chi connectivity index (χ0n) is 15.6. The Morgan fingerprint density at radius 3 is 2.97 bits per heavy atom. The van der Waals surface area contributed by atoms with Crippen LogP contribution in [0.3, 0.4) is 0 Å². The van der Waals surface area contributed by atoms with Crippen molar-refractivity contribution in [2.45, 2.75) is 13.2 Å². The standard InChI is InChI=1S/C21H18ClNO6/c1-25-19-8-14(2-4-18(19)27-7-6-23)3-5-20(24)28-12-16-10-17(22)9-15-11-26-13-29-21(15)16/h2-5,8-10H,7,11-13H2,1H3/b5-3+. The van der Waals surface area contributed by atoms with Crippen molar-refractivity contribution in [1.29, 1.82) is 5.26 Å². The first-order valence-electron chi connectivity index (χ1n) is 8.65. The minimum Gasteiger partial charge on any atom is -0.493 e. The van der Waals surface area contributed by atoms with Gasteiger partial charge in [0.1, 0.15) is 18.4 Å². The van der Waals surface area contributed by atoms with Crippen molar-refractivity contribution in [2.24, 2.45) is 0 Å². The molecule has 0 unspecified atom stereocenters. The van der Waals surface area contributed by atoms with Crippen molar-refractivity contribution >= 4 is 23.6 Å². The molecule has 0 saturated carbocycles. The second-order valence-corrected chi connectivity index (χ2v) is 6.40. The number of ether oxygens (including phenoxy) is 5. The summed E-state index contributed by atoms with van der Waals surface area (Å²) in [6.45, 7) is 0.481. The summed E-state index contributed by atoms with van der Waals surface area (Å²) in [5.41, 5.74) is 2.21. The predicted molar refractivity (Wildman–Crippen MR) is 105 cm³/mol. The number of halogens is 1. The lowest BCUT2D eigenvalue weighted by Crippen LogP contribution is -2.14. The molecule has 0 aliphatic carbocycles. The third-order valence-corrected chi connectivity index (χ3v) is 4.23. The van der Waals surface area contributed by atoms with E-state index in [1.54, 1.807) is 36.4 Å². The van der Waals surface area contributed by atoms with Crippen LogP contribution in [0.4, 0.5) is 0 Å². The number of fused-ring (bicyclic) bond motifs is 1. The van der Waals surface area contributed by atoms with Crippen LogP contribution >= 0.6 is 11.6 Å². The zero-order chi connectivity index (χ0) is 20.6. The van der Waals surface area contributed by atoms with Gasteiger partial charge in [0, 0.05) is 22.2 Å². The van der Waals surface area contributed by atoms with Crippen molar-refractivity contribution in [3.8, 4) is 23.3 Å². The van der Waals surface area contributed by atoms with Crippen LogP contribution in [-0.2, 0) is 27.5 Å². The average molecular weight is 416 g/mol. The van der Waals surface area contributed by atoms with Gasteiger partial charge in [0.2, 0.25) is 0 Å². The molecule has 8 heteroatoms. The highest BCUT2D eigenvalue weighted by atomic mass is 35.5. The molecule has 0 amide bonds. The second-order valence-electron chi connectivity index (χ2n) is 5.96. The van der Waals surface area contributed by atoms with Crippen LogP contribution < -0.4 is 14.2 Å². The van der Waals surface area contributed by atoms with Gasteiger partial charge in [-0.2, -0.15) is 5.26 Å². The Morgan fingerprint density at radius 1 is 1.31 bits per heavy atom. The minimum absolute atomic E-state index is 0.0241. The smallest absolute Gasteiger partial charge is 0.331 e. The van der Waals surface area contributed by atoms with E-state index >= 15 is 0 Å². The molecule has 1 aliphatic rings. The van der Waals surface area contributed by atoms with E-state index in [4.69, 9.17) is 40.5 Å². The summed E-state index contributed by atoms with van der Waals surface area (Å²) in [4.78, 5) is 12.1. The normalized spacial score (nSPS) is 12.6. The van der Waals surface area contributed by atoms with Crippen molar-refractivity contribution in [3.05, 3.63) is 58.1 Å². The second kappa shape index (κ2) is 9.82.